The second kappa shape index (κ2) is 18.0. The fourth-order valence-electron chi connectivity index (χ4n) is 7.12. The first-order chi connectivity index (χ1) is 28.9. The molecule has 61 heavy (non-hydrogen) atoms. The van der Waals surface area contributed by atoms with Crippen LogP contribution in [0.3, 0.4) is 0 Å². The van der Waals surface area contributed by atoms with E-state index in [2.05, 4.69) is 10.6 Å². The van der Waals surface area contributed by atoms with Gasteiger partial charge in [-0.2, -0.15) is 0 Å². The zero-order chi connectivity index (χ0) is 44.4. The van der Waals surface area contributed by atoms with Crippen LogP contribution in [0.5, 0.6) is 11.5 Å². The quantitative estimate of drug-likeness (QED) is 0.0736. The summed E-state index contributed by atoms with van der Waals surface area (Å²) in [4.78, 5) is 79.0. The van der Waals surface area contributed by atoms with Crippen molar-refractivity contribution in [2.75, 3.05) is 6.54 Å². The van der Waals surface area contributed by atoms with E-state index < -0.39 is 89.9 Å². The minimum Gasteiger partial charge on any atom is -0.505 e. The molecule has 13 nitrogen and oxygen atoms in total. The summed E-state index contributed by atoms with van der Waals surface area (Å²) in [5, 5.41) is 25.7. The molecule has 0 saturated heterocycles. The first-order valence-corrected chi connectivity index (χ1v) is 19.6. The number of esters is 2. The maximum Gasteiger partial charge on any atom is 0.318 e. The van der Waals surface area contributed by atoms with E-state index in [0.29, 0.717) is 10.0 Å². The van der Waals surface area contributed by atoms with Crippen LogP contribution in [0.25, 0.3) is 21.8 Å². The van der Waals surface area contributed by atoms with Crippen LogP contribution in [-0.2, 0) is 36.8 Å². The monoisotopic (exact) mass is 874 g/mol. The minimum atomic E-state index is -1.04. The van der Waals surface area contributed by atoms with Gasteiger partial charge in [0, 0.05) is 55.9 Å². The van der Waals surface area contributed by atoms with E-state index in [4.69, 9.17) is 27.9 Å². The van der Waals surface area contributed by atoms with E-state index in [1.807, 2.05) is 0 Å². The van der Waals surface area contributed by atoms with Crippen molar-refractivity contribution in [2.45, 2.75) is 53.0 Å². The van der Waals surface area contributed by atoms with Crippen molar-refractivity contribution in [3.63, 3.8) is 0 Å². The molecule has 316 valence electrons. The fraction of sp³-hybridized carbons (Fsp3) is 0.227. The summed E-state index contributed by atoms with van der Waals surface area (Å²) in [5.41, 5.74) is 1.33. The highest BCUT2D eigenvalue weighted by molar-refractivity contribution is 6.31. The number of phenols is 2. The third-order valence-corrected chi connectivity index (χ3v) is 10.6. The number of amides is 2. The molecular formula is C44H38Cl2F2N4O9. The summed E-state index contributed by atoms with van der Waals surface area (Å²) in [6.45, 7) is 5.63. The molecule has 2 unspecified atom stereocenters. The zero-order valence-corrected chi connectivity index (χ0v) is 34.6. The molecule has 2 amide bonds. The number of ether oxygens (including phenoxy) is 1. The number of benzene rings is 4. The average molecular weight is 876 g/mol. The van der Waals surface area contributed by atoms with Gasteiger partial charge in [-0.3, -0.25) is 37.9 Å². The third-order valence-electron chi connectivity index (χ3n) is 10.2. The summed E-state index contributed by atoms with van der Waals surface area (Å²) in [5.74, 6) is -8.85. The predicted molar refractivity (Wildman–Crippen MR) is 222 cm³/mol. The molecule has 0 aliphatic rings. The number of halogens is 4. The largest absolute Gasteiger partial charge is 0.505 e. The Bertz CT molecular complexity index is 2800. The van der Waals surface area contributed by atoms with Crippen molar-refractivity contribution in [1.29, 1.82) is 0 Å². The highest BCUT2D eigenvalue weighted by atomic mass is 35.5. The van der Waals surface area contributed by atoms with Crippen LogP contribution < -0.4 is 10.6 Å². The van der Waals surface area contributed by atoms with E-state index in [1.165, 1.54) is 73.2 Å². The third kappa shape index (κ3) is 9.12. The Hall–Kier alpha value is -6.58. The molecule has 0 fully saturated rings. The van der Waals surface area contributed by atoms with E-state index in [9.17, 15) is 39.0 Å². The van der Waals surface area contributed by atoms with Crippen LogP contribution in [-0.4, -0.2) is 67.5 Å². The molecule has 0 aliphatic carbocycles. The van der Waals surface area contributed by atoms with Crippen LogP contribution >= 0.6 is 23.2 Å². The van der Waals surface area contributed by atoms with Crippen LogP contribution in [0.2, 0.25) is 10.0 Å². The lowest BCUT2D eigenvalue weighted by Crippen LogP contribution is -2.37. The van der Waals surface area contributed by atoms with E-state index in [-0.39, 0.29) is 62.0 Å². The number of rotatable bonds is 12. The smallest absolute Gasteiger partial charge is 0.318 e. The number of hydrogen-bond donors (Lipinski definition) is 4. The Kier molecular flexibility index (Phi) is 12.9. The maximum absolute atomic E-state index is 15.4. The predicted octanol–water partition coefficient (Wildman–Crippen LogP) is 7.09. The molecule has 0 bridgehead atoms. The second-order valence-corrected chi connectivity index (χ2v) is 15.4. The molecule has 2 aromatic heterocycles. The van der Waals surface area contributed by atoms with Gasteiger partial charge in [0.1, 0.15) is 0 Å². The van der Waals surface area contributed by atoms with Crippen molar-refractivity contribution in [3.05, 3.63) is 128 Å². The van der Waals surface area contributed by atoms with Gasteiger partial charge in [-0.25, -0.2) is 8.78 Å². The molecule has 0 spiro atoms. The number of fused-ring (bicyclic) bond motifs is 2. The van der Waals surface area contributed by atoms with Gasteiger partial charge < -0.3 is 25.6 Å². The summed E-state index contributed by atoms with van der Waals surface area (Å²) in [7, 11) is 0. The fourth-order valence-corrected chi connectivity index (χ4v) is 7.50. The summed E-state index contributed by atoms with van der Waals surface area (Å²) in [6.07, 6.45) is -1.34. The zero-order valence-electron chi connectivity index (χ0n) is 33.1. The van der Waals surface area contributed by atoms with Crippen molar-refractivity contribution in [1.82, 2.24) is 19.8 Å². The Labute approximate surface area is 356 Å². The lowest BCUT2D eigenvalue weighted by atomic mass is 10.1. The number of carbonyl (C=O) groups is 6. The summed E-state index contributed by atoms with van der Waals surface area (Å²) in [6, 6.07) is 16.3. The van der Waals surface area contributed by atoms with Gasteiger partial charge in [0.2, 0.25) is 11.8 Å². The van der Waals surface area contributed by atoms with Gasteiger partial charge in [-0.05, 0) is 92.6 Å². The van der Waals surface area contributed by atoms with Crippen molar-refractivity contribution < 1.29 is 52.5 Å². The topological polar surface area (TPSA) is 186 Å². The minimum absolute atomic E-state index is 0.111. The second-order valence-electron chi connectivity index (χ2n) is 14.5. The molecule has 6 aromatic rings. The van der Waals surface area contributed by atoms with Crippen molar-refractivity contribution in [3.8, 4) is 11.5 Å². The number of aromatic hydroxyl groups is 2. The summed E-state index contributed by atoms with van der Waals surface area (Å²) < 4.78 is 38.1. The van der Waals surface area contributed by atoms with Crippen LogP contribution in [0.15, 0.2) is 72.8 Å². The number of nitrogens with zero attached hydrogens (tertiary/aromatic N) is 2. The van der Waals surface area contributed by atoms with E-state index >= 15 is 8.78 Å². The number of hydrogen-bond acceptors (Lipinski definition) is 9. The lowest BCUT2D eigenvalue weighted by Gasteiger charge is -2.15. The Morgan fingerprint density at radius 2 is 1.16 bits per heavy atom. The van der Waals surface area contributed by atoms with E-state index in [0.717, 1.165) is 12.1 Å². The number of nitrogens with one attached hydrogen (secondary N) is 2. The molecule has 2 atom stereocenters. The highest BCUT2D eigenvalue weighted by Gasteiger charge is 2.28. The molecule has 0 radical (unpaired) electrons. The average Bonchev–Trinajstić information content (AvgIpc) is 3.64. The van der Waals surface area contributed by atoms with Gasteiger partial charge in [0.05, 0.1) is 36.2 Å². The molecular weight excluding hydrogens is 837 g/mol. The number of phenolic OH excluding ortho intramolecular Hbond substituents is 2. The first-order valence-electron chi connectivity index (χ1n) is 18.8. The van der Waals surface area contributed by atoms with Gasteiger partial charge in [-0.1, -0.05) is 42.3 Å². The normalized spacial score (nSPS) is 12.3. The van der Waals surface area contributed by atoms with Crippen molar-refractivity contribution >= 4 is 80.6 Å². The highest BCUT2D eigenvalue weighted by Crippen LogP contribution is 2.35. The van der Waals surface area contributed by atoms with Crippen LogP contribution in [0.4, 0.5) is 8.78 Å². The van der Waals surface area contributed by atoms with Crippen LogP contribution in [0, 0.1) is 31.4 Å². The number of aromatic nitrogens is 2. The SMILES string of the molecule is Cc1c(CC(=O)NCC(C)C(=O)OC(=O)CC(C)NC(=O)Cc2c(C)n(C(=O)c3cccc(Cl)c3)c3ccc(O)c(F)c23)c2c(F)c(O)ccc2n1C(=O)c1cccc(Cl)c1. The molecule has 4 aromatic carbocycles. The molecule has 0 aliphatic heterocycles. The Morgan fingerprint density at radius 3 is 1.62 bits per heavy atom. The number of carbonyl (C=O) groups excluding carboxylic acids is 6. The molecule has 0 saturated carbocycles. The molecule has 6 rings (SSSR count). The van der Waals surface area contributed by atoms with Crippen LogP contribution in [0.1, 0.15) is 63.5 Å². The lowest BCUT2D eigenvalue weighted by molar-refractivity contribution is -0.162. The molecule has 17 heteroatoms. The Morgan fingerprint density at radius 1 is 0.705 bits per heavy atom. The Balaban J connectivity index is 1.06. The van der Waals surface area contributed by atoms with Gasteiger partial charge in [0.15, 0.2) is 23.1 Å². The molecule has 2 heterocycles. The van der Waals surface area contributed by atoms with Crippen molar-refractivity contribution in [2.24, 2.45) is 5.92 Å². The van der Waals surface area contributed by atoms with Gasteiger partial charge >= 0.3 is 11.9 Å². The first kappa shape index (κ1) is 44.0. The summed E-state index contributed by atoms with van der Waals surface area (Å²) >= 11 is 12.2. The maximum atomic E-state index is 15.4. The molecule has 4 N–H and O–H groups in total. The van der Waals surface area contributed by atoms with Gasteiger partial charge in [-0.15, -0.1) is 0 Å². The van der Waals surface area contributed by atoms with E-state index in [1.54, 1.807) is 24.3 Å². The van der Waals surface area contributed by atoms with Gasteiger partial charge in [0.25, 0.3) is 11.8 Å². The standard InChI is InChI=1S/C44H38Cl2F2N4O9/c1-21(20-49-35(55)18-29-23(3)51(31-11-13-33(53)40(47)38(29)31)42(58)25-7-5-9-27(45)16-25)44(60)61-37(57)15-22(2)50-36(56)19-30-24(4)52(32-12-14-34(54)41(48)39(30)32)43(59)26-8-6-10-28(46)17-26/h5-14,16-17,21-22,53-54H,15,18-20H2,1-4H3,(H,49,55)(H,50,56).